The third-order valence-electron chi connectivity index (χ3n) is 2.72. The van der Waals surface area contributed by atoms with Crippen LogP contribution in [0, 0.1) is 0 Å². The van der Waals surface area contributed by atoms with Crippen LogP contribution in [-0.4, -0.2) is 19.2 Å². The van der Waals surface area contributed by atoms with Crippen LogP contribution in [-0.2, 0) is 6.54 Å². The number of ether oxygens (including phenoxy) is 1. The lowest BCUT2D eigenvalue weighted by Gasteiger charge is -2.18. The lowest BCUT2D eigenvalue weighted by atomic mass is 10.0. The number of hydrogen-bond acceptors (Lipinski definition) is 3. The van der Waals surface area contributed by atoms with E-state index in [0.29, 0.717) is 0 Å². The molecule has 0 aromatic heterocycles. The van der Waals surface area contributed by atoms with E-state index in [9.17, 15) is 0 Å². The Morgan fingerprint density at radius 3 is 2.67 bits per heavy atom. The Kier molecular flexibility index (Phi) is 6.12. The molecule has 0 aliphatic heterocycles. The van der Waals surface area contributed by atoms with Gasteiger partial charge in [-0.25, -0.2) is 0 Å². The van der Waals surface area contributed by atoms with E-state index in [4.69, 9.17) is 10.5 Å². The van der Waals surface area contributed by atoms with Crippen molar-refractivity contribution in [1.82, 2.24) is 5.32 Å². The van der Waals surface area contributed by atoms with E-state index in [-0.39, 0.29) is 5.54 Å². The topological polar surface area (TPSA) is 47.3 Å². The van der Waals surface area contributed by atoms with Crippen LogP contribution < -0.4 is 15.8 Å². The zero-order valence-corrected chi connectivity index (χ0v) is 13.0. The van der Waals surface area contributed by atoms with Gasteiger partial charge in [0.05, 0.1) is 11.6 Å². The van der Waals surface area contributed by atoms with Crippen molar-refractivity contribution in [3.63, 3.8) is 0 Å². The first-order valence-electron chi connectivity index (χ1n) is 6.24. The normalized spacial score (nSPS) is 11.6. The fraction of sp³-hybridized carbons (Fsp3) is 0.571. The number of hydrogen-bond donors (Lipinski definition) is 2. The van der Waals surface area contributed by atoms with Crippen molar-refractivity contribution in [2.75, 3.05) is 13.7 Å². The van der Waals surface area contributed by atoms with E-state index in [2.05, 4.69) is 47.2 Å². The molecular formula is C14H23BrN2O. The third-order valence-corrected chi connectivity index (χ3v) is 3.34. The van der Waals surface area contributed by atoms with Crippen molar-refractivity contribution in [2.45, 2.75) is 38.8 Å². The van der Waals surface area contributed by atoms with Gasteiger partial charge >= 0.3 is 0 Å². The van der Waals surface area contributed by atoms with Crippen LogP contribution in [0.15, 0.2) is 22.7 Å². The molecule has 1 aromatic carbocycles. The summed E-state index contributed by atoms with van der Waals surface area (Å²) < 4.78 is 6.19. The molecule has 0 spiro atoms. The summed E-state index contributed by atoms with van der Waals surface area (Å²) >= 11 is 3.49. The van der Waals surface area contributed by atoms with E-state index < -0.39 is 0 Å². The molecule has 1 aromatic rings. The highest BCUT2D eigenvalue weighted by Crippen LogP contribution is 2.25. The van der Waals surface area contributed by atoms with Gasteiger partial charge in [-0.05, 0) is 66.9 Å². The molecule has 102 valence electrons. The number of benzene rings is 1. The van der Waals surface area contributed by atoms with Gasteiger partial charge in [0, 0.05) is 12.1 Å². The zero-order valence-electron chi connectivity index (χ0n) is 11.4. The minimum Gasteiger partial charge on any atom is -0.496 e. The summed E-state index contributed by atoms with van der Waals surface area (Å²) in [7, 11) is 1.67. The fourth-order valence-electron chi connectivity index (χ4n) is 1.72. The molecule has 3 N–H and O–H groups in total. The van der Waals surface area contributed by atoms with Crippen LogP contribution in [0.2, 0.25) is 0 Å². The molecular weight excluding hydrogens is 292 g/mol. The van der Waals surface area contributed by atoms with Crippen LogP contribution in [0.4, 0.5) is 0 Å². The average Bonchev–Trinajstić information content (AvgIpc) is 2.27. The molecule has 0 heterocycles. The maximum atomic E-state index is 5.93. The fourth-order valence-corrected chi connectivity index (χ4v) is 2.31. The van der Waals surface area contributed by atoms with Crippen LogP contribution in [0.3, 0.4) is 0 Å². The standard InChI is InChI=1S/C14H23BrN2O/c1-14(2,16)7-4-8-17-10-11-5-6-13(18-3)12(15)9-11/h5-6,9,17H,4,7-8,10,16H2,1-3H3. The van der Waals surface area contributed by atoms with Crippen molar-refractivity contribution in [2.24, 2.45) is 5.73 Å². The molecule has 0 bridgehead atoms. The van der Waals surface area contributed by atoms with Gasteiger partial charge in [-0.15, -0.1) is 0 Å². The quantitative estimate of drug-likeness (QED) is 0.760. The van der Waals surface area contributed by atoms with Crippen molar-refractivity contribution >= 4 is 15.9 Å². The van der Waals surface area contributed by atoms with Crippen LogP contribution >= 0.6 is 15.9 Å². The highest BCUT2D eigenvalue weighted by Gasteiger charge is 2.09. The molecule has 0 unspecified atom stereocenters. The van der Waals surface area contributed by atoms with Crippen molar-refractivity contribution < 1.29 is 4.74 Å². The van der Waals surface area contributed by atoms with Crippen LogP contribution in [0.1, 0.15) is 32.3 Å². The second-order valence-electron chi connectivity index (χ2n) is 5.24. The molecule has 0 saturated carbocycles. The molecule has 4 heteroatoms. The summed E-state index contributed by atoms with van der Waals surface area (Å²) in [5.41, 5.74) is 7.11. The predicted molar refractivity (Wildman–Crippen MR) is 79.9 cm³/mol. The summed E-state index contributed by atoms with van der Waals surface area (Å²) in [4.78, 5) is 0. The lowest BCUT2D eigenvalue weighted by Crippen LogP contribution is -2.32. The monoisotopic (exact) mass is 314 g/mol. The van der Waals surface area contributed by atoms with E-state index in [1.165, 1.54) is 5.56 Å². The largest absolute Gasteiger partial charge is 0.496 e. The first kappa shape index (κ1) is 15.5. The van der Waals surface area contributed by atoms with Crippen molar-refractivity contribution in [3.8, 4) is 5.75 Å². The summed E-state index contributed by atoms with van der Waals surface area (Å²) in [6, 6.07) is 6.13. The highest BCUT2D eigenvalue weighted by molar-refractivity contribution is 9.10. The maximum Gasteiger partial charge on any atom is 0.133 e. The summed E-state index contributed by atoms with van der Waals surface area (Å²) in [6.45, 7) is 5.99. The second-order valence-corrected chi connectivity index (χ2v) is 6.09. The molecule has 0 saturated heterocycles. The molecule has 18 heavy (non-hydrogen) atoms. The molecule has 3 nitrogen and oxygen atoms in total. The first-order chi connectivity index (χ1) is 8.42. The minimum absolute atomic E-state index is 0.0647. The molecule has 0 fully saturated rings. The van der Waals surface area contributed by atoms with Gasteiger partial charge in [-0.3, -0.25) is 0 Å². The average molecular weight is 315 g/mol. The van der Waals surface area contributed by atoms with Gasteiger partial charge < -0.3 is 15.8 Å². The number of halogens is 1. The van der Waals surface area contributed by atoms with Gasteiger partial charge in [0.15, 0.2) is 0 Å². The molecule has 0 radical (unpaired) electrons. The van der Waals surface area contributed by atoms with Gasteiger partial charge in [-0.1, -0.05) is 6.07 Å². The Morgan fingerprint density at radius 2 is 2.11 bits per heavy atom. The maximum absolute atomic E-state index is 5.93. The van der Waals surface area contributed by atoms with Crippen LogP contribution in [0.5, 0.6) is 5.75 Å². The van der Waals surface area contributed by atoms with E-state index in [0.717, 1.165) is 36.2 Å². The van der Waals surface area contributed by atoms with Gasteiger partial charge in [0.25, 0.3) is 0 Å². The Balaban J connectivity index is 2.29. The third kappa shape index (κ3) is 5.85. The van der Waals surface area contributed by atoms with Gasteiger partial charge in [-0.2, -0.15) is 0 Å². The lowest BCUT2D eigenvalue weighted by molar-refractivity contribution is 0.412. The smallest absolute Gasteiger partial charge is 0.133 e. The second kappa shape index (κ2) is 7.12. The zero-order chi connectivity index (χ0) is 13.6. The number of methoxy groups -OCH3 is 1. The van der Waals surface area contributed by atoms with E-state index in [1.54, 1.807) is 7.11 Å². The van der Waals surface area contributed by atoms with E-state index >= 15 is 0 Å². The molecule has 0 aliphatic rings. The Bertz CT molecular complexity index is 375. The summed E-state index contributed by atoms with van der Waals surface area (Å²) in [5, 5.41) is 3.42. The van der Waals surface area contributed by atoms with Gasteiger partial charge in [0.1, 0.15) is 5.75 Å². The number of rotatable bonds is 7. The van der Waals surface area contributed by atoms with E-state index in [1.807, 2.05) is 6.07 Å². The highest BCUT2D eigenvalue weighted by atomic mass is 79.9. The van der Waals surface area contributed by atoms with Gasteiger partial charge in [0.2, 0.25) is 0 Å². The summed E-state index contributed by atoms with van der Waals surface area (Å²) in [5.74, 6) is 0.864. The van der Waals surface area contributed by atoms with Crippen molar-refractivity contribution in [1.29, 1.82) is 0 Å². The SMILES string of the molecule is COc1ccc(CNCCCC(C)(C)N)cc1Br. The molecule has 1 rings (SSSR count). The summed E-state index contributed by atoms with van der Waals surface area (Å²) in [6.07, 6.45) is 2.13. The number of nitrogens with two attached hydrogens (primary N) is 1. The Morgan fingerprint density at radius 1 is 1.39 bits per heavy atom. The molecule has 0 amide bonds. The molecule has 0 aliphatic carbocycles. The Labute approximate surface area is 118 Å². The minimum atomic E-state index is -0.0647. The molecule has 0 atom stereocenters. The number of nitrogens with one attached hydrogen (secondary N) is 1. The first-order valence-corrected chi connectivity index (χ1v) is 7.04. The van der Waals surface area contributed by atoms with Crippen molar-refractivity contribution in [3.05, 3.63) is 28.2 Å². The van der Waals surface area contributed by atoms with Crippen LogP contribution in [0.25, 0.3) is 0 Å². The Hall–Kier alpha value is -0.580. The predicted octanol–water partition coefficient (Wildman–Crippen LogP) is 3.06.